The molecule has 0 bridgehead atoms. The third kappa shape index (κ3) is 2.65. The van der Waals surface area contributed by atoms with Gasteiger partial charge >= 0.3 is 0 Å². The van der Waals surface area contributed by atoms with Crippen molar-refractivity contribution in [2.75, 3.05) is 0 Å². The maximum Gasteiger partial charge on any atom is 0.164 e. The normalized spacial score (nSPS) is 23.3. The summed E-state index contributed by atoms with van der Waals surface area (Å²) >= 11 is 0. The molecule has 0 amide bonds. The molecule has 1 heterocycles. The van der Waals surface area contributed by atoms with Crippen LogP contribution in [0.2, 0.25) is 0 Å². The number of hydrogen-bond donors (Lipinski definition) is 0. The van der Waals surface area contributed by atoms with Gasteiger partial charge in [-0.2, -0.15) is 0 Å². The number of Topliss-reactive ketones (excluding diaryl/α,β-unsaturated/α-hetero) is 1. The van der Waals surface area contributed by atoms with Crippen LogP contribution in [0.1, 0.15) is 56.9 Å². The van der Waals surface area contributed by atoms with Gasteiger partial charge in [0.1, 0.15) is 0 Å². The standard InChI is InChI=1S/C21H25NO/c23-20-11-7-10-19-18(20)12-15-21(13-5-2-6-14-21)22(19)16-17-8-3-1-4-9-17/h1,3-4,8-9,12,15H,2,5-7,10-11,13-14,16H2. The topological polar surface area (TPSA) is 20.3 Å². The molecule has 0 saturated heterocycles. The molecule has 0 N–H and O–H groups in total. The maximum absolute atomic E-state index is 12.4. The van der Waals surface area contributed by atoms with E-state index < -0.39 is 0 Å². The first kappa shape index (κ1) is 14.7. The number of nitrogens with zero attached hydrogens (tertiary/aromatic N) is 1. The van der Waals surface area contributed by atoms with Gasteiger partial charge in [0.05, 0.1) is 5.54 Å². The number of ketones is 1. The minimum absolute atomic E-state index is 0.143. The summed E-state index contributed by atoms with van der Waals surface area (Å²) < 4.78 is 0. The van der Waals surface area contributed by atoms with Gasteiger partial charge in [0.25, 0.3) is 0 Å². The van der Waals surface area contributed by atoms with Crippen LogP contribution in [-0.4, -0.2) is 16.2 Å². The summed E-state index contributed by atoms with van der Waals surface area (Å²) in [5.41, 5.74) is 3.79. The van der Waals surface area contributed by atoms with Gasteiger partial charge in [-0.15, -0.1) is 0 Å². The highest BCUT2D eigenvalue weighted by molar-refractivity contribution is 5.99. The zero-order valence-corrected chi connectivity index (χ0v) is 13.8. The van der Waals surface area contributed by atoms with Crippen LogP contribution in [-0.2, 0) is 11.3 Å². The summed E-state index contributed by atoms with van der Waals surface area (Å²) in [6.07, 6.45) is 13.7. The fourth-order valence-electron chi connectivity index (χ4n) is 4.53. The Kier molecular flexibility index (Phi) is 3.84. The maximum atomic E-state index is 12.4. The van der Waals surface area contributed by atoms with E-state index in [4.69, 9.17) is 0 Å². The third-order valence-corrected chi connectivity index (χ3v) is 5.76. The predicted octanol–water partition coefficient (Wildman–Crippen LogP) is 4.77. The van der Waals surface area contributed by atoms with Crippen LogP contribution in [0.25, 0.3) is 0 Å². The summed E-state index contributed by atoms with van der Waals surface area (Å²) in [7, 11) is 0. The Hall–Kier alpha value is -1.83. The number of hydrogen-bond acceptors (Lipinski definition) is 2. The van der Waals surface area contributed by atoms with Gasteiger partial charge < -0.3 is 4.90 Å². The molecule has 0 atom stereocenters. The van der Waals surface area contributed by atoms with Gasteiger partial charge in [0.15, 0.2) is 5.78 Å². The van der Waals surface area contributed by atoms with E-state index in [0.717, 1.165) is 31.4 Å². The highest BCUT2D eigenvalue weighted by atomic mass is 16.1. The van der Waals surface area contributed by atoms with Crippen LogP contribution < -0.4 is 0 Å². The summed E-state index contributed by atoms with van der Waals surface area (Å²) in [5.74, 6) is 0.339. The van der Waals surface area contributed by atoms with Crippen LogP contribution in [0.4, 0.5) is 0 Å². The first-order chi connectivity index (χ1) is 11.3. The monoisotopic (exact) mass is 307 g/mol. The average Bonchev–Trinajstić information content (AvgIpc) is 2.60. The van der Waals surface area contributed by atoms with Crippen molar-refractivity contribution < 1.29 is 4.79 Å². The Morgan fingerprint density at radius 1 is 0.957 bits per heavy atom. The lowest BCUT2D eigenvalue weighted by Gasteiger charge is -2.50. The first-order valence-corrected chi connectivity index (χ1v) is 9.06. The summed E-state index contributed by atoms with van der Waals surface area (Å²) in [5, 5.41) is 0. The van der Waals surface area contributed by atoms with Gasteiger partial charge in [-0.25, -0.2) is 0 Å². The van der Waals surface area contributed by atoms with E-state index in [1.165, 1.54) is 43.4 Å². The molecule has 1 aromatic carbocycles. The molecule has 3 aliphatic rings. The van der Waals surface area contributed by atoms with Gasteiger partial charge in [-0.1, -0.05) is 61.7 Å². The molecule has 0 unspecified atom stereocenters. The quantitative estimate of drug-likeness (QED) is 0.784. The van der Waals surface area contributed by atoms with Crippen LogP contribution in [0.15, 0.2) is 53.8 Å². The van der Waals surface area contributed by atoms with Crippen LogP contribution in [0.5, 0.6) is 0 Å². The molecule has 1 fully saturated rings. The summed E-state index contributed by atoms with van der Waals surface area (Å²) in [6.45, 7) is 0.928. The van der Waals surface area contributed by atoms with Crippen LogP contribution in [0, 0.1) is 0 Å². The number of carbonyl (C=O) groups is 1. The van der Waals surface area contributed by atoms with Gasteiger partial charge in [0, 0.05) is 24.2 Å². The summed E-state index contributed by atoms with van der Waals surface area (Å²) in [6, 6.07) is 10.7. The molecule has 1 aliphatic heterocycles. The highest BCUT2D eigenvalue weighted by Crippen LogP contribution is 2.44. The van der Waals surface area contributed by atoms with E-state index in [0.29, 0.717) is 5.78 Å². The molecule has 0 aromatic heterocycles. The van der Waals surface area contributed by atoms with Crippen molar-refractivity contribution in [1.29, 1.82) is 0 Å². The fraction of sp³-hybridized carbons (Fsp3) is 0.476. The van der Waals surface area contributed by atoms with Gasteiger partial charge in [-0.3, -0.25) is 4.79 Å². The van der Waals surface area contributed by atoms with Crippen molar-refractivity contribution in [3.05, 3.63) is 59.3 Å². The molecule has 4 rings (SSSR count). The lowest BCUT2D eigenvalue weighted by molar-refractivity contribution is -0.116. The second-order valence-electron chi connectivity index (χ2n) is 7.21. The Morgan fingerprint density at radius 3 is 2.52 bits per heavy atom. The van der Waals surface area contributed by atoms with Crippen molar-refractivity contribution >= 4 is 5.78 Å². The van der Waals surface area contributed by atoms with Crippen molar-refractivity contribution in [3.8, 4) is 0 Å². The molecule has 1 saturated carbocycles. The molecule has 0 radical (unpaired) electrons. The molecule has 2 nitrogen and oxygen atoms in total. The number of allylic oxidation sites excluding steroid dienone is 3. The van der Waals surface area contributed by atoms with E-state index in [1.54, 1.807) is 0 Å². The molecule has 23 heavy (non-hydrogen) atoms. The largest absolute Gasteiger partial charge is 0.361 e. The average molecular weight is 307 g/mol. The van der Waals surface area contributed by atoms with Crippen molar-refractivity contribution in [2.45, 2.75) is 63.5 Å². The molecular weight excluding hydrogens is 282 g/mol. The smallest absolute Gasteiger partial charge is 0.164 e. The zero-order valence-electron chi connectivity index (χ0n) is 13.8. The Labute approximate surface area is 138 Å². The van der Waals surface area contributed by atoms with Gasteiger partial charge in [0.2, 0.25) is 0 Å². The lowest BCUT2D eigenvalue weighted by atomic mass is 9.75. The van der Waals surface area contributed by atoms with Crippen molar-refractivity contribution in [1.82, 2.24) is 4.90 Å². The lowest BCUT2D eigenvalue weighted by Crippen LogP contribution is -2.50. The van der Waals surface area contributed by atoms with E-state index >= 15 is 0 Å². The minimum atomic E-state index is 0.143. The van der Waals surface area contributed by atoms with Crippen molar-refractivity contribution in [3.63, 3.8) is 0 Å². The highest BCUT2D eigenvalue weighted by Gasteiger charge is 2.41. The Bertz CT molecular complexity index is 650. The van der Waals surface area contributed by atoms with Crippen LogP contribution in [0.3, 0.4) is 0 Å². The van der Waals surface area contributed by atoms with Gasteiger partial charge in [-0.05, 0) is 31.2 Å². The van der Waals surface area contributed by atoms with E-state index in [-0.39, 0.29) is 5.54 Å². The van der Waals surface area contributed by atoms with Crippen molar-refractivity contribution in [2.24, 2.45) is 0 Å². The Morgan fingerprint density at radius 2 is 1.74 bits per heavy atom. The van der Waals surface area contributed by atoms with E-state index in [2.05, 4.69) is 47.4 Å². The molecule has 2 heteroatoms. The number of benzene rings is 1. The fourth-order valence-corrected chi connectivity index (χ4v) is 4.53. The van der Waals surface area contributed by atoms with E-state index in [9.17, 15) is 4.79 Å². The SMILES string of the molecule is O=C1CCCC2=C1C=CC1(CCCCC1)N2Cc1ccccc1. The Balaban J connectivity index is 1.74. The van der Waals surface area contributed by atoms with E-state index in [1.807, 2.05) is 0 Å². The zero-order chi connectivity index (χ0) is 15.7. The summed E-state index contributed by atoms with van der Waals surface area (Å²) in [4.78, 5) is 15.0. The second kappa shape index (κ2) is 5.99. The molecule has 120 valence electrons. The minimum Gasteiger partial charge on any atom is -0.361 e. The molecule has 2 aliphatic carbocycles. The molecule has 1 spiro atoms. The molecular formula is C21H25NO. The first-order valence-electron chi connectivity index (χ1n) is 9.06. The third-order valence-electron chi connectivity index (χ3n) is 5.76. The number of carbonyl (C=O) groups excluding carboxylic acids is 1. The predicted molar refractivity (Wildman–Crippen MR) is 92.8 cm³/mol. The number of rotatable bonds is 2. The van der Waals surface area contributed by atoms with Crippen LogP contribution >= 0.6 is 0 Å². The second-order valence-corrected chi connectivity index (χ2v) is 7.21. The molecule has 1 aromatic rings.